The lowest BCUT2D eigenvalue weighted by molar-refractivity contribution is 1.17. The maximum atomic E-state index is 11.0. The number of H-pyrrole nitrogens is 2. The van der Waals surface area contributed by atoms with Crippen LogP contribution >= 0.6 is 18.1 Å². The van der Waals surface area contributed by atoms with E-state index in [1.165, 1.54) is 6.33 Å². The van der Waals surface area contributed by atoms with E-state index >= 15 is 0 Å². The average Bonchev–Trinajstić information content (AvgIpc) is 2.53. The van der Waals surface area contributed by atoms with Crippen molar-refractivity contribution in [1.82, 2.24) is 19.9 Å². The van der Waals surface area contributed by atoms with Crippen molar-refractivity contribution in [3.05, 3.63) is 16.7 Å². The van der Waals surface area contributed by atoms with Crippen LogP contribution in [0.25, 0.3) is 11.2 Å². The normalized spacial score (nSPS) is 9.00. The molecule has 0 saturated carbocycles. The van der Waals surface area contributed by atoms with Gasteiger partial charge in [0.15, 0.2) is 11.2 Å². The summed E-state index contributed by atoms with van der Waals surface area (Å²) in [5, 5.41) is 0. The maximum absolute atomic E-state index is 11.0. The zero-order valence-corrected chi connectivity index (χ0v) is 9.85. The highest BCUT2D eigenvalue weighted by Gasteiger charge is 2.01. The summed E-state index contributed by atoms with van der Waals surface area (Å²) in [4.78, 5) is 23.6. The van der Waals surface area contributed by atoms with Crippen LogP contribution in [0, 0.1) is 0 Å². The van der Waals surface area contributed by atoms with Crippen molar-refractivity contribution in [1.29, 1.82) is 0 Å². The van der Waals surface area contributed by atoms with Crippen LogP contribution in [0.4, 0.5) is 5.95 Å². The van der Waals surface area contributed by atoms with E-state index in [4.69, 9.17) is 23.9 Å². The minimum atomic E-state index is -0.639. The van der Waals surface area contributed by atoms with Crippen LogP contribution in [0.3, 0.4) is 0 Å². The Morgan fingerprint density at radius 1 is 1.50 bits per heavy atom. The minimum Gasteiger partial charge on any atom is -0.369 e. The van der Waals surface area contributed by atoms with Crippen molar-refractivity contribution in [2.24, 2.45) is 0 Å². The number of hydrogen-bond acceptors (Lipinski definition) is 4. The molecular weight excluding hydrogens is 241 g/mol. The van der Waals surface area contributed by atoms with Gasteiger partial charge in [-0.25, -0.2) is 4.98 Å². The number of imidazole rings is 1. The van der Waals surface area contributed by atoms with Crippen LogP contribution < -0.4 is 11.3 Å². The molecule has 0 saturated heterocycles. The highest BCUT2D eigenvalue weighted by atomic mass is 35.6. The van der Waals surface area contributed by atoms with E-state index in [1.807, 2.05) is 0 Å². The van der Waals surface area contributed by atoms with Gasteiger partial charge in [-0.1, -0.05) is 0 Å². The Morgan fingerprint density at radius 3 is 2.79 bits per heavy atom. The third kappa shape index (κ3) is 2.74. The molecule has 0 unspecified atom stereocenters. The average molecular weight is 246 g/mol. The van der Waals surface area contributed by atoms with E-state index in [1.54, 1.807) is 0 Å². The first-order valence-corrected chi connectivity index (χ1v) is 7.77. The van der Waals surface area contributed by atoms with Gasteiger partial charge < -0.3 is 28.9 Å². The molecule has 0 spiro atoms. The Balaban J connectivity index is 0.000000293. The van der Waals surface area contributed by atoms with Crippen molar-refractivity contribution in [3.63, 3.8) is 0 Å². The van der Waals surface area contributed by atoms with Crippen LogP contribution in [0.2, 0.25) is 0 Å². The summed E-state index contributed by atoms with van der Waals surface area (Å²) in [5.74, 6) is 0.0896. The molecule has 0 fully saturated rings. The van der Waals surface area contributed by atoms with Crippen molar-refractivity contribution < 1.29 is 0 Å². The van der Waals surface area contributed by atoms with E-state index in [0.717, 1.165) is 0 Å². The summed E-state index contributed by atoms with van der Waals surface area (Å²) < 4.78 is 0. The molecule has 72 valence electrons. The molecule has 14 heavy (non-hydrogen) atoms. The van der Waals surface area contributed by atoms with Gasteiger partial charge in [0.2, 0.25) is 5.95 Å². The predicted octanol–water partition coefficient (Wildman–Crippen LogP) is 0.227. The van der Waals surface area contributed by atoms with Gasteiger partial charge in [0, 0.05) is 0 Å². The zero-order valence-electron chi connectivity index (χ0n) is 6.92. The van der Waals surface area contributed by atoms with E-state index in [2.05, 4.69) is 19.9 Å². The second-order valence-corrected chi connectivity index (χ2v) is 4.78. The highest BCUT2D eigenvalue weighted by Crippen LogP contribution is 1.98. The first-order chi connectivity index (χ1) is 6.69. The Hall–Kier alpha value is -0.504. The fourth-order valence-electron chi connectivity index (χ4n) is 0.863. The standard InChI is InChI=1S/C5H5N5O.2ClH.Mg/c6-5-9-3-2(4(11)10-5)7-1-8-3;;;/h1H,(H4,6,7,8,9,10,11);2*1H;/q;;;+2/p-2. The van der Waals surface area contributed by atoms with Gasteiger partial charge in [-0.2, -0.15) is 4.98 Å². The van der Waals surface area contributed by atoms with Gasteiger partial charge >= 0.3 is 18.2 Å². The van der Waals surface area contributed by atoms with Crippen LogP contribution in [0.15, 0.2) is 11.1 Å². The molecule has 0 aromatic carbocycles. The van der Waals surface area contributed by atoms with Gasteiger partial charge in [0.1, 0.15) is 0 Å². The number of nitrogens with two attached hydrogens (primary N) is 1. The minimum absolute atomic E-state index is 0.0896. The molecule has 6 nitrogen and oxygen atoms in total. The second kappa shape index (κ2) is 5.40. The molecule has 0 aliphatic rings. The molecule has 0 amide bonds. The van der Waals surface area contributed by atoms with E-state index < -0.39 is 18.2 Å². The van der Waals surface area contributed by atoms with Crippen molar-refractivity contribution in [3.8, 4) is 0 Å². The van der Waals surface area contributed by atoms with Crippen LogP contribution in [0.1, 0.15) is 0 Å². The lowest BCUT2D eigenvalue weighted by atomic mass is 10.5. The molecule has 0 radical (unpaired) electrons. The Kier molecular flexibility index (Phi) is 4.46. The number of hydrogen-bond donors (Lipinski definition) is 3. The van der Waals surface area contributed by atoms with Crippen LogP contribution in [-0.4, -0.2) is 38.1 Å². The quantitative estimate of drug-likeness (QED) is 0.579. The second-order valence-electron chi connectivity index (χ2n) is 2.15. The number of nitrogens with one attached hydrogen (secondary N) is 2. The van der Waals surface area contributed by atoms with Gasteiger partial charge in [0.25, 0.3) is 5.56 Å². The number of fused-ring (bicyclic) bond motifs is 1. The summed E-state index contributed by atoms with van der Waals surface area (Å²) in [6, 6.07) is 0. The lowest BCUT2D eigenvalue weighted by Crippen LogP contribution is -2.10. The summed E-state index contributed by atoms with van der Waals surface area (Å²) in [6.45, 7) is 0. The molecule has 4 N–H and O–H groups in total. The lowest BCUT2D eigenvalue weighted by Gasteiger charge is -1.89. The van der Waals surface area contributed by atoms with Gasteiger partial charge in [-0.05, 0) is 0 Å². The molecule has 0 aliphatic heterocycles. The number of aromatic nitrogens is 4. The highest BCUT2D eigenvalue weighted by molar-refractivity contribution is 7.22. The number of nitrogens with zero attached hydrogens (tertiary/aromatic N) is 2. The summed E-state index contributed by atoms with van der Waals surface area (Å²) in [7, 11) is 9.81. The third-order valence-corrected chi connectivity index (χ3v) is 1.31. The molecule has 0 atom stereocenters. The van der Waals surface area contributed by atoms with Gasteiger partial charge in [-0.3, -0.25) is 9.78 Å². The monoisotopic (exact) mass is 245 g/mol. The fraction of sp³-hybridized carbons (Fsp3) is 0. The van der Waals surface area contributed by atoms with E-state index in [9.17, 15) is 4.79 Å². The summed E-state index contributed by atoms with van der Waals surface area (Å²) in [5.41, 5.74) is 5.63. The first kappa shape index (κ1) is 11.6. The van der Waals surface area contributed by atoms with Gasteiger partial charge in [-0.15, -0.1) is 0 Å². The van der Waals surface area contributed by atoms with E-state index in [-0.39, 0.29) is 17.0 Å². The number of rotatable bonds is 0. The molecule has 0 bridgehead atoms. The Labute approximate surface area is 95.5 Å². The third-order valence-electron chi connectivity index (χ3n) is 1.31. The number of aromatic amines is 2. The molecule has 2 aromatic heterocycles. The van der Waals surface area contributed by atoms with Crippen LogP contribution in [0.5, 0.6) is 0 Å². The number of anilines is 1. The SMILES string of the molecule is Nc1nc2[nH]cnc2c(=O)[nH]1.[Cl][Mg][Cl]. The topological polar surface area (TPSA) is 100 Å². The molecule has 9 heteroatoms. The predicted molar refractivity (Wildman–Crippen MR) is 56.4 cm³/mol. The van der Waals surface area contributed by atoms with Crippen molar-refractivity contribution in [2.75, 3.05) is 5.73 Å². The molecule has 2 aromatic rings. The first-order valence-electron chi connectivity index (χ1n) is 3.50. The van der Waals surface area contributed by atoms with Gasteiger partial charge in [0.05, 0.1) is 6.33 Å². The fourth-order valence-corrected chi connectivity index (χ4v) is 0.863. The Bertz CT molecular complexity index is 468. The molecule has 0 aliphatic carbocycles. The molecule has 2 rings (SSSR count). The van der Waals surface area contributed by atoms with Crippen molar-refractivity contribution in [2.45, 2.75) is 0 Å². The van der Waals surface area contributed by atoms with E-state index in [0.29, 0.717) is 5.65 Å². The smallest absolute Gasteiger partial charge is 0.369 e. The Morgan fingerprint density at radius 2 is 2.14 bits per heavy atom. The van der Waals surface area contributed by atoms with Crippen LogP contribution in [-0.2, 0) is 0 Å². The molecular formula is C5H5Cl2MgN5O. The maximum Gasteiger partial charge on any atom is 0.618 e. The number of halogens is 2. The zero-order chi connectivity index (χ0) is 10.6. The number of nitrogen functional groups attached to an aromatic ring is 1. The van der Waals surface area contributed by atoms with Crippen molar-refractivity contribution >= 4 is 53.4 Å². The summed E-state index contributed by atoms with van der Waals surface area (Å²) >= 11 is -0.639. The molecule has 2 heterocycles. The largest absolute Gasteiger partial charge is 0.618 e. The summed E-state index contributed by atoms with van der Waals surface area (Å²) in [6.07, 6.45) is 1.40.